The summed E-state index contributed by atoms with van der Waals surface area (Å²) in [6.07, 6.45) is 0.434. The van der Waals surface area contributed by atoms with Crippen LogP contribution in [0.1, 0.15) is 10.4 Å². The van der Waals surface area contributed by atoms with E-state index < -0.39 is 0 Å². The smallest absolute Gasteiger partial charge is 0.258 e. The van der Waals surface area contributed by atoms with E-state index in [-0.39, 0.29) is 18.6 Å². The van der Waals surface area contributed by atoms with Crippen molar-refractivity contribution in [3.05, 3.63) is 54.1 Å². The van der Waals surface area contributed by atoms with Crippen molar-refractivity contribution in [3.8, 4) is 17.2 Å². The van der Waals surface area contributed by atoms with Gasteiger partial charge >= 0.3 is 0 Å². The van der Waals surface area contributed by atoms with Gasteiger partial charge in [0.1, 0.15) is 18.5 Å². The van der Waals surface area contributed by atoms with Gasteiger partial charge in [-0.15, -0.1) is 0 Å². The summed E-state index contributed by atoms with van der Waals surface area (Å²) >= 11 is 0. The van der Waals surface area contributed by atoms with Crippen molar-refractivity contribution in [2.24, 2.45) is 0 Å². The summed E-state index contributed by atoms with van der Waals surface area (Å²) in [6.45, 7) is 0.507. The van der Waals surface area contributed by atoms with Gasteiger partial charge in [0.15, 0.2) is 24.4 Å². The number of hydrogen-bond donors (Lipinski definition) is 1. The molecule has 1 aliphatic rings. The number of carbonyl (C=O) groups is 2. The van der Waals surface area contributed by atoms with E-state index in [2.05, 4.69) is 5.32 Å². The van der Waals surface area contributed by atoms with Gasteiger partial charge in [-0.05, 0) is 24.3 Å². The molecule has 2 aromatic rings. The second-order valence-electron chi connectivity index (χ2n) is 5.25. The van der Waals surface area contributed by atoms with Crippen LogP contribution in [0, 0.1) is 0 Å². The van der Waals surface area contributed by atoms with Gasteiger partial charge in [0.2, 0.25) is 0 Å². The van der Waals surface area contributed by atoms with Crippen LogP contribution in [0.5, 0.6) is 17.2 Å². The number of ether oxygens (including phenoxy) is 3. The SMILES string of the molecule is O=Cc1ccccc1OCC(=O)NC[C@@H]1COc2ccccc2O1. The quantitative estimate of drug-likeness (QED) is 0.820. The number of fused-ring (bicyclic) bond motifs is 1. The van der Waals surface area contributed by atoms with Gasteiger partial charge in [-0.3, -0.25) is 9.59 Å². The van der Waals surface area contributed by atoms with Crippen LogP contribution in [0.2, 0.25) is 0 Å². The molecule has 0 radical (unpaired) electrons. The molecule has 0 unspecified atom stereocenters. The molecule has 0 aliphatic carbocycles. The molecular weight excluding hydrogens is 310 g/mol. The number of rotatable bonds is 6. The molecule has 0 saturated heterocycles. The average Bonchev–Trinajstić information content (AvgIpc) is 2.64. The number of aldehydes is 1. The van der Waals surface area contributed by atoms with Gasteiger partial charge in [0.25, 0.3) is 5.91 Å². The summed E-state index contributed by atoms with van der Waals surface area (Å²) in [7, 11) is 0. The fourth-order valence-corrected chi connectivity index (χ4v) is 2.30. The third kappa shape index (κ3) is 3.84. The van der Waals surface area contributed by atoms with Crippen molar-refractivity contribution in [2.45, 2.75) is 6.10 Å². The second kappa shape index (κ2) is 7.50. The molecule has 0 fully saturated rings. The predicted octanol–water partition coefficient (Wildman–Crippen LogP) is 1.83. The predicted molar refractivity (Wildman–Crippen MR) is 86.7 cm³/mol. The standard InChI is InChI=1S/C18H17NO5/c20-10-13-5-1-2-6-15(13)23-12-18(21)19-9-14-11-22-16-7-3-4-8-17(16)24-14/h1-8,10,14H,9,11-12H2,(H,19,21)/t14-/m1/s1. The van der Waals surface area contributed by atoms with Gasteiger partial charge in [0, 0.05) is 0 Å². The second-order valence-corrected chi connectivity index (χ2v) is 5.25. The lowest BCUT2D eigenvalue weighted by Gasteiger charge is -2.26. The van der Waals surface area contributed by atoms with Crippen molar-refractivity contribution in [2.75, 3.05) is 19.8 Å². The molecule has 0 spiro atoms. The molecule has 124 valence electrons. The fourth-order valence-electron chi connectivity index (χ4n) is 2.30. The Morgan fingerprint density at radius 1 is 1.17 bits per heavy atom. The highest BCUT2D eigenvalue weighted by atomic mass is 16.6. The van der Waals surface area contributed by atoms with Crippen molar-refractivity contribution in [1.29, 1.82) is 0 Å². The lowest BCUT2D eigenvalue weighted by atomic mass is 10.2. The third-order valence-electron chi connectivity index (χ3n) is 3.50. The summed E-state index contributed by atoms with van der Waals surface area (Å²) in [5, 5.41) is 2.73. The zero-order valence-electron chi connectivity index (χ0n) is 12.9. The van der Waals surface area contributed by atoms with Crippen molar-refractivity contribution >= 4 is 12.2 Å². The molecule has 1 amide bonds. The summed E-state index contributed by atoms with van der Waals surface area (Å²) < 4.78 is 16.7. The normalized spacial score (nSPS) is 15.4. The van der Waals surface area contributed by atoms with E-state index in [1.165, 1.54) is 0 Å². The van der Waals surface area contributed by atoms with Crippen molar-refractivity contribution in [1.82, 2.24) is 5.32 Å². The first-order valence-corrected chi connectivity index (χ1v) is 7.58. The fraction of sp³-hybridized carbons (Fsp3) is 0.222. The molecule has 1 atom stereocenters. The Balaban J connectivity index is 1.46. The Bertz CT molecular complexity index is 731. The molecule has 24 heavy (non-hydrogen) atoms. The molecule has 1 N–H and O–H groups in total. The lowest BCUT2D eigenvalue weighted by Crippen LogP contribution is -2.42. The van der Waals surface area contributed by atoms with E-state index in [4.69, 9.17) is 14.2 Å². The highest BCUT2D eigenvalue weighted by Gasteiger charge is 2.21. The summed E-state index contributed by atoms with van der Waals surface area (Å²) in [6, 6.07) is 14.1. The number of nitrogens with one attached hydrogen (secondary N) is 1. The maximum atomic E-state index is 11.9. The highest BCUT2D eigenvalue weighted by molar-refractivity contribution is 5.80. The third-order valence-corrected chi connectivity index (χ3v) is 3.50. The van der Waals surface area contributed by atoms with E-state index in [0.717, 1.165) is 0 Å². The Morgan fingerprint density at radius 3 is 2.75 bits per heavy atom. The highest BCUT2D eigenvalue weighted by Crippen LogP contribution is 2.30. The van der Waals surface area contributed by atoms with Gasteiger partial charge in [-0.1, -0.05) is 24.3 Å². The first-order valence-electron chi connectivity index (χ1n) is 7.58. The number of hydrogen-bond acceptors (Lipinski definition) is 5. The molecule has 6 heteroatoms. The minimum absolute atomic E-state index is 0.172. The molecule has 1 aliphatic heterocycles. The molecule has 2 aromatic carbocycles. The van der Waals surface area contributed by atoms with E-state index >= 15 is 0 Å². The number of amides is 1. The van der Waals surface area contributed by atoms with Crippen LogP contribution in [0.25, 0.3) is 0 Å². The summed E-state index contributed by atoms with van der Waals surface area (Å²) in [4.78, 5) is 22.8. The van der Waals surface area contributed by atoms with Crippen LogP contribution in [0.4, 0.5) is 0 Å². The van der Waals surface area contributed by atoms with Gasteiger partial charge in [0.05, 0.1) is 12.1 Å². The van der Waals surface area contributed by atoms with Gasteiger partial charge < -0.3 is 19.5 Å². The van der Waals surface area contributed by atoms with Crippen LogP contribution >= 0.6 is 0 Å². The molecule has 0 aromatic heterocycles. The van der Waals surface area contributed by atoms with Crippen molar-refractivity contribution in [3.63, 3.8) is 0 Å². The van der Waals surface area contributed by atoms with Crippen LogP contribution in [0.3, 0.4) is 0 Å². The zero-order chi connectivity index (χ0) is 16.8. The zero-order valence-corrected chi connectivity index (χ0v) is 12.9. The first-order chi connectivity index (χ1) is 11.8. The summed E-state index contributed by atoms with van der Waals surface area (Å²) in [5.41, 5.74) is 0.408. The van der Waals surface area contributed by atoms with Gasteiger partial charge in [-0.25, -0.2) is 0 Å². The molecular formula is C18H17NO5. The first kappa shape index (κ1) is 15.9. The molecule has 3 rings (SSSR count). The van der Waals surface area contributed by atoms with E-state index in [0.29, 0.717) is 42.2 Å². The molecule has 0 saturated carbocycles. The molecule has 0 bridgehead atoms. The molecule has 1 heterocycles. The minimum atomic E-state index is -0.293. The monoisotopic (exact) mass is 327 g/mol. The number of benzene rings is 2. The maximum Gasteiger partial charge on any atom is 0.258 e. The Morgan fingerprint density at radius 2 is 1.92 bits per heavy atom. The van der Waals surface area contributed by atoms with Crippen LogP contribution in [-0.2, 0) is 4.79 Å². The lowest BCUT2D eigenvalue weighted by molar-refractivity contribution is -0.123. The topological polar surface area (TPSA) is 73.9 Å². The van der Waals surface area contributed by atoms with Gasteiger partial charge in [-0.2, -0.15) is 0 Å². The Kier molecular flexibility index (Phi) is 4.96. The van der Waals surface area contributed by atoms with Crippen molar-refractivity contribution < 1.29 is 23.8 Å². The van der Waals surface area contributed by atoms with Crippen LogP contribution in [0.15, 0.2) is 48.5 Å². The Hall–Kier alpha value is -3.02. The number of para-hydroxylation sites is 3. The van der Waals surface area contributed by atoms with E-state index in [9.17, 15) is 9.59 Å². The average molecular weight is 327 g/mol. The maximum absolute atomic E-state index is 11.9. The largest absolute Gasteiger partial charge is 0.486 e. The minimum Gasteiger partial charge on any atom is -0.486 e. The Labute approximate surface area is 139 Å². The summed E-state index contributed by atoms with van der Waals surface area (Å²) in [5.74, 6) is 1.46. The molecule has 6 nitrogen and oxygen atoms in total. The van der Waals surface area contributed by atoms with Crippen LogP contribution < -0.4 is 19.5 Å². The van der Waals surface area contributed by atoms with E-state index in [1.807, 2.05) is 24.3 Å². The number of carbonyl (C=O) groups excluding carboxylic acids is 2. The van der Waals surface area contributed by atoms with E-state index in [1.54, 1.807) is 24.3 Å². The van der Waals surface area contributed by atoms with Crippen LogP contribution in [-0.4, -0.2) is 38.1 Å².